The van der Waals surface area contributed by atoms with Gasteiger partial charge < -0.3 is 4.74 Å². The number of alkyl halides is 3. The van der Waals surface area contributed by atoms with Crippen molar-refractivity contribution in [2.45, 2.75) is 37.1 Å². The third kappa shape index (κ3) is 5.56. The van der Waals surface area contributed by atoms with Crippen LogP contribution >= 0.6 is 0 Å². The first-order valence-corrected chi connectivity index (χ1v) is 9.74. The maximum Gasteiger partial charge on any atom is 0.425 e. The molecule has 0 N–H and O–H groups in total. The lowest BCUT2D eigenvalue weighted by Gasteiger charge is -2.29. The maximum atomic E-state index is 13.5. The summed E-state index contributed by atoms with van der Waals surface area (Å²) in [6.07, 6.45) is -8.85. The Kier molecular flexibility index (Phi) is 6.84. The number of halogens is 3. The first kappa shape index (κ1) is 21.9. The molecule has 0 amide bonds. The molecule has 0 bridgehead atoms. The maximum absolute atomic E-state index is 13.5. The number of rotatable bonds is 7. The van der Waals surface area contributed by atoms with Crippen molar-refractivity contribution in [3.8, 4) is 0 Å². The molecule has 0 saturated heterocycles. The second-order valence-electron chi connectivity index (χ2n) is 6.16. The van der Waals surface area contributed by atoms with Crippen LogP contribution < -0.4 is 0 Å². The average Bonchev–Trinajstić information content (AvgIpc) is 2.65. The molecule has 28 heavy (non-hydrogen) atoms. The van der Waals surface area contributed by atoms with Crippen molar-refractivity contribution < 1.29 is 35.3 Å². The summed E-state index contributed by atoms with van der Waals surface area (Å²) in [5.74, 6) is -2.64. The van der Waals surface area contributed by atoms with Crippen LogP contribution in [0.5, 0.6) is 0 Å². The topological polar surface area (TPSA) is 69.7 Å². The second kappa shape index (κ2) is 8.74. The Bertz CT molecular complexity index is 883. The lowest BCUT2D eigenvalue weighted by Crippen LogP contribution is -2.44. The fraction of sp³-hybridized carbons (Fsp3) is 0.316. The average molecular weight is 416 g/mol. The number of carbonyl (C=O) groups excluding carboxylic acids is 1. The van der Waals surface area contributed by atoms with E-state index in [-0.39, 0.29) is 10.5 Å². The van der Waals surface area contributed by atoms with Crippen LogP contribution in [0.3, 0.4) is 0 Å². The molecule has 0 heterocycles. The molecular formula is C19H19F3O5S. The number of carbonyl (C=O) groups is 1. The summed E-state index contributed by atoms with van der Waals surface area (Å²) in [5.41, 5.74) is -0.0468. The molecule has 0 spiro atoms. The van der Waals surface area contributed by atoms with Gasteiger partial charge in [0.05, 0.1) is 16.6 Å². The van der Waals surface area contributed by atoms with Gasteiger partial charge in [0.25, 0.3) is 10.1 Å². The molecular weight excluding hydrogens is 397 g/mol. The Balaban J connectivity index is 2.18. The first-order valence-electron chi connectivity index (χ1n) is 8.33. The van der Waals surface area contributed by atoms with E-state index in [1.165, 1.54) is 55.5 Å². The van der Waals surface area contributed by atoms with Crippen LogP contribution in [0.1, 0.15) is 24.2 Å². The van der Waals surface area contributed by atoms with Crippen molar-refractivity contribution in [3.63, 3.8) is 0 Å². The van der Waals surface area contributed by atoms with Crippen LogP contribution in [-0.2, 0) is 19.0 Å². The molecule has 3 atom stereocenters. The van der Waals surface area contributed by atoms with Crippen LogP contribution in [0.15, 0.2) is 65.6 Å². The normalized spacial score (nSPS) is 15.5. The van der Waals surface area contributed by atoms with Gasteiger partial charge in [0.1, 0.15) is 0 Å². The summed E-state index contributed by atoms with van der Waals surface area (Å²) in [6.45, 7) is 2.29. The van der Waals surface area contributed by atoms with Gasteiger partial charge in [-0.05, 0) is 31.2 Å². The summed E-state index contributed by atoms with van der Waals surface area (Å²) in [5, 5.41) is 0. The van der Waals surface area contributed by atoms with E-state index < -0.39 is 40.4 Å². The third-order valence-electron chi connectivity index (χ3n) is 4.09. The molecule has 0 saturated carbocycles. The zero-order valence-electron chi connectivity index (χ0n) is 15.1. The highest BCUT2D eigenvalue weighted by atomic mass is 32.2. The smallest absolute Gasteiger partial charge is 0.425 e. The van der Waals surface area contributed by atoms with Crippen molar-refractivity contribution in [2.24, 2.45) is 5.92 Å². The zero-order chi connectivity index (χ0) is 20.9. The standard InChI is InChI=1S/C19H19F3O5S/c1-13(14(2)27-28(24,25)16-11-7-4-8-12-16)17(19(20,21)22)26-18(23)15-9-5-3-6-10-15/h3-14,17H,1-2H3. The van der Waals surface area contributed by atoms with Crippen LogP contribution in [0, 0.1) is 5.92 Å². The largest absolute Gasteiger partial charge is 0.449 e. The SMILES string of the molecule is CC(OS(=O)(=O)c1ccccc1)C(C)C(OC(=O)c1ccccc1)C(F)(F)F. The first-order chi connectivity index (χ1) is 13.0. The van der Waals surface area contributed by atoms with E-state index in [9.17, 15) is 26.4 Å². The summed E-state index contributed by atoms with van der Waals surface area (Å²) in [6, 6.07) is 14.3. The molecule has 0 aromatic heterocycles. The molecule has 152 valence electrons. The van der Waals surface area contributed by atoms with E-state index in [0.717, 1.165) is 6.92 Å². The van der Waals surface area contributed by atoms with Gasteiger partial charge in [0, 0.05) is 5.92 Å². The van der Waals surface area contributed by atoms with Gasteiger partial charge in [-0.3, -0.25) is 4.18 Å². The molecule has 9 heteroatoms. The van der Waals surface area contributed by atoms with E-state index in [0.29, 0.717) is 0 Å². The van der Waals surface area contributed by atoms with Crippen molar-refractivity contribution >= 4 is 16.1 Å². The summed E-state index contributed by atoms with van der Waals surface area (Å²) in [7, 11) is -4.27. The minimum atomic E-state index is -4.90. The molecule has 2 rings (SSSR count). The fourth-order valence-corrected chi connectivity index (χ4v) is 3.58. The molecule has 5 nitrogen and oxygen atoms in total. The van der Waals surface area contributed by atoms with E-state index in [1.807, 2.05) is 0 Å². The fourth-order valence-electron chi connectivity index (χ4n) is 2.41. The third-order valence-corrected chi connectivity index (χ3v) is 5.50. The van der Waals surface area contributed by atoms with Crippen LogP contribution in [0.25, 0.3) is 0 Å². The Hall–Kier alpha value is -2.39. The number of benzene rings is 2. The van der Waals surface area contributed by atoms with E-state index in [4.69, 9.17) is 4.18 Å². The summed E-state index contributed by atoms with van der Waals surface area (Å²) < 4.78 is 74.5. The molecule has 0 aliphatic heterocycles. The molecule has 0 aliphatic carbocycles. The Morgan fingerprint density at radius 2 is 1.43 bits per heavy atom. The lowest BCUT2D eigenvalue weighted by molar-refractivity contribution is -0.224. The molecule has 2 aromatic rings. The molecule has 0 radical (unpaired) electrons. The van der Waals surface area contributed by atoms with Crippen LogP contribution in [0.4, 0.5) is 13.2 Å². The lowest BCUT2D eigenvalue weighted by atomic mass is 9.98. The van der Waals surface area contributed by atoms with Crippen molar-refractivity contribution in [1.29, 1.82) is 0 Å². The van der Waals surface area contributed by atoms with Gasteiger partial charge in [-0.15, -0.1) is 0 Å². The Morgan fingerprint density at radius 1 is 0.929 bits per heavy atom. The van der Waals surface area contributed by atoms with Gasteiger partial charge in [0.15, 0.2) is 0 Å². The minimum Gasteiger partial charge on any atom is -0.449 e. The van der Waals surface area contributed by atoms with Gasteiger partial charge in [-0.25, -0.2) is 4.79 Å². The Morgan fingerprint density at radius 3 is 1.93 bits per heavy atom. The number of hydrogen-bond acceptors (Lipinski definition) is 5. The molecule has 3 unspecified atom stereocenters. The highest BCUT2D eigenvalue weighted by Gasteiger charge is 2.48. The van der Waals surface area contributed by atoms with Crippen molar-refractivity contribution in [2.75, 3.05) is 0 Å². The van der Waals surface area contributed by atoms with Gasteiger partial charge >= 0.3 is 12.1 Å². The molecule has 0 aliphatic rings. The van der Waals surface area contributed by atoms with Crippen LogP contribution in [0.2, 0.25) is 0 Å². The summed E-state index contributed by atoms with van der Waals surface area (Å²) >= 11 is 0. The van der Waals surface area contributed by atoms with Gasteiger partial charge in [0.2, 0.25) is 6.10 Å². The highest BCUT2D eigenvalue weighted by molar-refractivity contribution is 7.86. The highest BCUT2D eigenvalue weighted by Crippen LogP contribution is 2.32. The number of ether oxygens (including phenoxy) is 1. The predicted molar refractivity (Wildman–Crippen MR) is 95.0 cm³/mol. The van der Waals surface area contributed by atoms with E-state index in [2.05, 4.69) is 4.74 Å². The molecule has 2 aromatic carbocycles. The van der Waals surface area contributed by atoms with Crippen molar-refractivity contribution in [1.82, 2.24) is 0 Å². The quantitative estimate of drug-likeness (QED) is 0.500. The van der Waals surface area contributed by atoms with Gasteiger partial charge in [-0.2, -0.15) is 21.6 Å². The van der Waals surface area contributed by atoms with E-state index >= 15 is 0 Å². The zero-order valence-corrected chi connectivity index (χ0v) is 15.9. The predicted octanol–water partition coefficient (Wildman–Crippen LogP) is 4.20. The Labute approximate surface area is 161 Å². The van der Waals surface area contributed by atoms with Crippen LogP contribution in [-0.4, -0.2) is 32.8 Å². The summed E-state index contributed by atoms with van der Waals surface area (Å²) in [4.78, 5) is 11.9. The minimum absolute atomic E-state index is 0.0468. The second-order valence-corrected chi connectivity index (χ2v) is 7.73. The van der Waals surface area contributed by atoms with Gasteiger partial charge in [-0.1, -0.05) is 43.3 Å². The number of hydrogen-bond donors (Lipinski definition) is 0. The van der Waals surface area contributed by atoms with Crippen molar-refractivity contribution in [3.05, 3.63) is 66.2 Å². The monoisotopic (exact) mass is 416 g/mol. The number of esters is 1. The molecule has 0 fully saturated rings. The van der Waals surface area contributed by atoms with E-state index in [1.54, 1.807) is 12.1 Å².